The van der Waals surface area contributed by atoms with Gasteiger partial charge in [-0.1, -0.05) is 15.9 Å². The third-order valence-corrected chi connectivity index (χ3v) is 3.58. The highest BCUT2D eigenvalue weighted by Gasteiger charge is 2.09. The molecule has 0 aliphatic rings. The highest BCUT2D eigenvalue weighted by molar-refractivity contribution is 9.10. The minimum Gasteiger partial charge on any atom is -0.383 e. The van der Waals surface area contributed by atoms with E-state index in [9.17, 15) is 4.79 Å². The zero-order valence-corrected chi connectivity index (χ0v) is 11.0. The van der Waals surface area contributed by atoms with Gasteiger partial charge in [0.15, 0.2) is 0 Å². The van der Waals surface area contributed by atoms with E-state index in [1.165, 1.54) is 0 Å². The van der Waals surface area contributed by atoms with Crippen LogP contribution in [0.25, 0.3) is 0 Å². The molecule has 0 spiro atoms. The summed E-state index contributed by atoms with van der Waals surface area (Å²) in [5.74, 6) is -0.502. The Morgan fingerprint density at radius 1 is 1.44 bits per heavy atom. The van der Waals surface area contributed by atoms with E-state index in [4.69, 9.17) is 11.5 Å². The van der Waals surface area contributed by atoms with Crippen LogP contribution in [-0.4, -0.2) is 18.5 Å². The van der Waals surface area contributed by atoms with Gasteiger partial charge in [0.2, 0.25) is 5.91 Å². The molecular weight excluding hydrogens is 270 g/mol. The van der Waals surface area contributed by atoms with Crippen LogP contribution in [0.1, 0.15) is 11.1 Å². The van der Waals surface area contributed by atoms with E-state index in [1.54, 1.807) is 0 Å². The predicted molar refractivity (Wildman–Crippen MR) is 69.3 cm³/mol. The zero-order chi connectivity index (χ0) is 12.3. The van der Waals surface area contributed by atoms with Crippen molar-refractivity contribution < 1.29 is 4.79 Å². The normalized spacial score (nSPS) is 12.2. The molecule has 1 amide bonds. The molecule has 0 saturated carbocycles. The first kappa shape index (κ1) is 13.0. The van der Waals surface area contributed by atoms with Gasteiger partial charge in [-0.15, -0.1) is 0 Å². The number of nitrogens with two attached hydrogens (primary N) is 2. The summed E-state index contributed by atoms with van der Waals surface area (Å²) in [5, 5.41) is 3.09. The first-order valence-corrected chi connectivity index (χ1v) is 5.76. The number of benzene rings is 1. The third kappa shape index (κ3) is 3.21. The van der Waals surface area contributed by atoms with E-state index >= 15 is 0 Å². The zero-order valence-electron chi connectivity index (χ0n) is 9.38. The predicted octanol–water partition coefficient (Wildman–Crippen LogP) is 1.29. The quantitative estimate of drug-likeness (QED) is 0.780. The van der Waals surface area contributed by atoms with Crippen LogP contribution >= 0.6 is 15.9 Å². The Labute approximate surface area is 104 Å². The van der Waals surface area contributed by atoms with Crippen molar-refractivity contribution in [3.05, 3.63) is 27.7 Å². The van der Waals surface area contributed by atoms with Gasteiger partial charge in [-0.3, -0.25) is 4.79 Å². The summed E-state index contributed by atoms with van der Waals surface area (Å²) in [6.07, 6.45) is 0. The molecule has 0 saturated heterocycles. The number of anilines is 1. The van der Waals surface area contributed by atoms with Crippen molar-refractivity contribution in [1.82, 2.24) is 0 Å². The summed E-state index contributed by atoms with van der Waals surface area (Å²) in [7, 11) is 0. The first-order valence-electron chi connectivity index (χ1n) is 4.97. The maximum atomic E-state index is 10.8. The summed E-state index contributed by atoms with van der Waals surface area (Å²) in [6, 6.07) is 3.32. The molecule has 0 heterocycles. The fraction of sp³-hybridized carbons (Fsp3) is 0.364. The molecule has 1 atom stereocenters. The monoisotopic (exact) mass is 285 g/mol. The third-order valence-electron chi connectivity index (χ3n) is 2.33. The molecule has 0 fully saturated rings. The van der Waals surface area contributed by atoms with Crippen LogP contribution in [-0.2, 0) is 4.79 Å². The second kappa shape index (κ2) is 5.32. The van der Waals surface area contributed by atoms with E-state index < -0.39 is 11.9 Å². The van der Waals surface area contributed by atoms with Gasteiger partial charge in [0.1, 0.15) is 6.04 Å². The lowest BCUT2D eigenvalue weighted by Crippen LogP contribution is -2.41. The first-order chi connectivity index (χ1) is 7.41. The van der Waals surface area contributed by atoms with Crippen molar-refractivity contribution >= 4 is 27.5 Å². The van der Waals surface area contributed by atoms with Crippen LogP contribution in [0.4, 0.5) is 5.69 Å². The van der Waals surface area contributed by atoms with Crippen molar-refractivity contribution in [2.75, 3.05) is 11.9 Å². The Kier molecular flexibility index (Phi) is 4.32. The molecule has 0 aliphatic carbocycles. The maximum absolute atomic E-state index is 10.8. The number of amides is 1. The van der Waals surface area contributed by atoms with Gasteiger partial charge in [0.25, 0.3) is 0 Å². The average Bonchev–Trinajstić information content (AvgIpc) is 2.22. The van der Waals surface area contributed by atoms with Crippen molar-refractivity contribution in [1.29, 1.82) is 0 Å². The Morgan fingerprint density at radius 2 is 1.94 bits per heavy atom. The van der Waals surface area contributed by atoms with Crippen LogP contribution in [0.5, 0.6) is 0 Å². The van der Waals surface area contributed by atoms with Crippen LogP contribution < -0.4 is 16.8 Å². The van der Waals surface area contributed by atoms with E-state index in [1.807, 2.05) is 26.0 Å². The van der Waals surface area contributed by atoms with Gasteiger partial charge in [-0.25, -0.2) is 0 Å². The molecule has 16 heavy (non-hydrogen) atoms. The number of hydrogen-bond donors (Lipinski definition) is 3. The highest BCUT2D eigenvalue weighted by Crippen LogP contribution is 2.24. The molecule has 5 N–H and O–H groups in total. The van der Waals surface area contributed by atoms with Crippen molar-refractivity contribution in [2.45, 2.75) is 19.9 Å². The van der Waals surface area contributed by atoms with Crippen LogP contribution in [0.2, 0.25) is 0 Å². The molecule has 1 aromatic rings. The van der Waals surface area contributed by atoms with Gasteiger partial charge in [0, 0.05) is 16.7 Å². The number of hydrogen-bond acceptors (Lipinski definition) is 3. The van der Waals surface area contributed by atoms with Crippen LogP contribution in [0.3, 0.4) is 0 Å². The van der Waals surface area contributed by atoms with E-state index in [-0.39, 0.29) is 0 Å². The minimum absolute atomic E-state index is 0.343. The molecule has 1 aromatic carbocycles. The van der Waals surface area contributed by atoms with Crippen LogP contribution in [0.15, 0.2) is 16.6 Å². The average molecular weight is 286 g/mol. The number of halogens is 1. The second-order valence-corrected chi connectivity index (χ2v) is 4.61. The lowest BCUT2D eigenvalue weighted by atomic mass is 10.1. The van der Waals surface area contributed by atoms with Crippen molar-refractivity contribution in [3.8, 4) is 0 Å². The highest BCUT2D eigenvalue weighted by atomic mass is 79.9. The summed E-state index contributed by atoms with van der Waals surface area (Å²) < 4.78 is 1.09. The SMILES string of the molecule is Cc1cc(NCC(N)C(N)=O)cc(C)c1Br. The topological polar surface area (TPSA) is 81.1 Å². The number of aryl methyl sites for hydroxylation is 2. The van der Waals surface area contributed by atoms with E-state index in [2.05, 4.69) is 21.2 Å². The molecule has 88 valence electrons. The Bertz CT molecular complexity index is 383. The number of carbonyl (C=O) groups excluding carboxylic acids is 1. The molecule has 1 unspecified atom stereocenters. The van der Waals surface area contributed by atoms with Crippen LogP contribution in [0, 0.1) is 13.8 Å². The van der Waals surface area contributed by atoms with Crippen molar-refractivity contribution in [3.63, 3.8) is 0 Å². The minimum atomic E-state index is -0.663. The summed E-state index contributed by atoms with van der Waals surface area (Å²) in [6.45, 7) is 4.36. The number of rotatable bonds is 4. The summed E-state index contributed by atoms with van der Waals surface area (Å²) in [5.41, 5.74) is 13.8. The lowest BCUT2D eigenvalue weighted by molar-refractivity contribution is -0.118. The second-order valence-electron chi connectivity index (χ2n) is 3.81. The van der Waals surface area contributed by atoms with Gasteiger partial charge in [-0.05, 0) is 37.1 Å². The van der Waals surface area contributed by atoms with Gasteiger partial charge < -0.3 is 16.8 Å². The largest absolute Gasteiger partial charge is 0.383 e. The number of nitrogens with one attached hydrogen (secondary N) is 1. The maximum Gasteiger partial charge on any atom is 0.236 e. The number of primary amides is 1. The molecule has 0 radical (unpaired) electrons. The fourth-order valence-electron chi connectivity index (χ4n) is 1.38. The molecule has 0 aromatic heterocycles. The molecule has 5 heteroatoms. The Morgan fingerprint density at radius 3 is 2.38 bits per heavy atom. The molecule has 0 aliphatic heterocycles. The van der Waals surface area contributed by atoms with E-state index in [0.29, 0.717) is 6.54 Å². The van der Waals surface area contributed by atoms with Gasteiger partial charge in [0.05, 0.1) is 0 Å². The van der Waals surface area contributed by atoms with Crippen molar-refractivity contribution in [2.24, 2.45) is 11.5 Å². The Balaban J connectivity index is 2.72. The molecule has 1 rings (SSSR count). The van der Waals surface area contributed by atoms with Gasteiger partial charge in [-0.2, -0.15) is 0 Å². The number of carbonyl (C=O) groups is 1. The Hall–Kier alpha value is -1.07. The molecule has 4 nitrogen and oxygen atoms in total. The smallest absolute Gasteiger partial charge is 0.236 e. The summed E-state index contributed by atoms with van der Waals surface area (Å²) >= 11 is 3.49. The van der Waals surface area contributed by atoms with E-state index in [0.717, 1.165) is 21.3 Å². The summed E-state index contributed by atoms with van der Waals surface area (Å²) in [4.78, 5) is 10.8. The van der Waals surface area contributed by atoms with Gasteiger partial charge >= 0.3 is 0 Å². The standard InChI is InChI=1S/C11H16BrN3O/c1-6-3-8(4-7(2)10(6)12)15-5-9(13)11(14)16/h3-4,9,15H,5,13H2,1-2H3,(H2,14,16). The lowest BCUT2D eigenvalue weighted by Gasteiger charge is -2.13. The molecule has 0 bridgehead atoms. The fourth-order valence-corrected chi connectivity index (χ4v) is 1.61. The molecular formula is C11H16BrN3O.